The Bertz CT molecular complexity index is 410. The normalized spacial score (nSPS) is 20.9. The molecule has 92 valence electrons. The molecule has 0 bridgehead atoms. The predicted octanol–water partition coefficient (Wildman–Crippen LogP) is 0.479. The maximum absolute atomic E-state index is 13.2. The van der Waals surface area contributed by atoms with Crippen LogP contribution in [0, 0.1) is 5.82 Å². The molecule has 0 aromatic heterocycles. The van der Waals surface area contributed by atoms with Crippen molar-refractivity contribution in [2.24, 2.45) is 5.73 Å². The highest BCUT2D eigenvalue weighted by Crippen LogP contribution is 2.19. The van der Waals surface area contributed by atoms with Crippen LogP contribution in [0.1, 0.15) is 6.42 Å². The van der Waals surface area contributed by atoms with Gasteiger partial charge in [-0.2, -0.15) is 0 Å². The minimum Gasteiger partial charge on any atom is -0.358 e. The van der Waals surface area contributed by atoms with E-state index < -0.39 is 6.04 Å². The van der Waals surface area contributed by atoms with Crippen LogP contribution in [0.4, 0.5) is 10.1 Å². The van der Waals surface area contributed by atoms with E-state index in [1.54, 1.807) is 12.1 Å². The molecule has 2 rings (SSSR count). The summed E-state index contributed by atoms with van der Waals surface area (Å²) in [7, 11) is 0. The summed E-state index contributed by atoms with van der Waals surface area (Å²) in [6.07, 6.45) is 0.832. The standard InChI is InChI=1S/C12H16FN3O/c13-9-3-1-4-10(7-9)16-6-2-5-15-12(17)11(16)8-14/h1,3-4,7,11H,2,5-6,8,14H2,(H,15,17). The fourth-order valence-corrected chi connectivity index (χ4v) is 2.07. The van der Waals surface area contributed by atoms with Gasteiger partial charge in [-0.1, -0.05) is 6.07 Å². The number of hydrogen-bond donors (Lipinski definition) is 2. The van der Waals surface area contributed by atoms with Crippen molar-refractivity contribution in [3.63, 3.8) is 0 Å². The molecule has 1 fully saturated rings. The van der Waals surface area contributed by atoms with Gasteiger partial charge in [-0.05, 0) is 24.6 Å². The molecule has 3 N–H and O–H groups in total. The number of carbonyl (C=O) groups excluding carboxylic acids is 1. The average molecular weight is 237 g/mol. The quantitative estimate of drug-likeness (QED) is 0.786. The molecule has 0 radical (unpaired) electrons. The second kappa shape index (κ2) is 5.14. The second-order valence-electron chi connectivity index (χ2n) is 4.07. The summed E-state index contributed by atoms with van der Waals surface area (Å²) in [4.78, 5) is 13.7. The Kier molecular flexibility index (Phi) is 3.58. The summed E-state index contributed by atoms with van der Waals surface area (Å²) in [5.74, 6) is -0.391. The minimum absolute atomic E-state index is 0.0886. The van der Waals surface area contributed by atoms with Gasteiger partial charge in [0.1, 0.15) is 11.9 Å². The molecule has 0 spiro atoms. The van der Waals surface area contributed by atoms with E-state index in [0.717, 1.165) is 6.42 Å². The molecule has 1 aromatic carbocycles. The summed E-state index contributed by atoms with van der Waals surface area (Å²) < 4.78 is 13.2. The molecule has 0 aliphatic carbocycles. The topological polar surface area (TPSA) is 58.4 Å². The number of rotatable bonds is 2. The van der Waals surface area contributed by atoms with Crippen LogP contribution >= 0.6 is 0 Å². The smallest absolute Gasteiger partial charge is 0.244 e. The fraction of sp³-hybridized carbons (Fsp3) is 0.417. The van der Waals surface area contributed by atoms with E-state index in [2.05, 4.69) is 5.32 Å². The Hall–Kier alpha value is -1.62. The number of anilines is 1. The third-order valence-electron chi connectivity index (χ3n) is 2.92. The van der Waals surface area contributed by atoms with Crippen molar-refractivity contribution >= 4 is 11.6 Å². The van der Waals surface area contributed by atoms with E-state index in [4.69, 9.17) is 5.73 Å². The summed E-state index contributed by atoms with van der Waals surface area (Å²) >= 11 is 0. The molecule has 1 atom stereocenters. The number of amides is 1. The molecular formula is C12H16FN3O. The first-order valence-corrected chi connectivity index (χ1v) is 5.72. The monoisotopic (exact) mass is 237 g/mol. The first-order valence-electron chi connectivity index (χ1n) is 5.72. The van der Waals surface area contributed by atoms with Crippen LogP contribution in [0.2, 0.25) is 0 Å². The number of benzene rings is 1. The van der Waals surface area contributed by atoms with Gasteiger partial charge in [0.2, 0.25) is 5.91 Å². The summed E-state index contributed by atoms with van der Waals surface area (Å²) in [5, 5.41) is 2.81. The van der Waals surface area contributed by atoms with Gasteiger partial charge in [0.25, 0.3) is 0 Å². The lowest BCUT2D eigenvalue weighted by molar-refractivity contribution is -0.121. The molecule has 1 unspecified atom stereocenters. The zero-order valence-corrected chi connectivity index (χ0v) is 9.53. The Morgan fingerprint density at radius 2 is 2.35 bits per heavy atom. The molecule has 0 saturated carbocycles. The van der Waals surface area contributed by atoms with E-state index >= 15 is 0 Å². The molecule has 1 aliphatic heterocycles. The van der Waals surface area contributed by atoms with Crippen LogP contribution in [0.3, 0.4) is 0 Å². The minimum atomic E-state index is -0.417. The fourth-order valence-electron chi connectivity index (χ4n) is 2.07. The molecular weight excluding hydrogens is 221 g/mol. The van der Waals surface area contributed by atoms with Crippen LogP contribution in [-0.4, -0.2) is 31.6 Å². The van der Waals surface area contributed by atoms with Gasteiger partial charge in [0.15, 0.2) is 0 Å². The number of hydrogen-bond acceptors (Lipinski definition) is 3. The zero-order chi connectivity index (χ0) is 12.3. The molecule has 17 heavy (non-hydrogen) atoms. The van der Waals surface area contributed by atoms with Crippen LogP contribution in [0.25, 0.3) is 0 Å². The SMILES string of the molecule is NCC1C(=O)NCCCN1c1cccc(F)c1. The molecule has 1 saturated heterocycles. The van der Waals surface area contributed by atoms with Gasteiger partial charge in [-0.25, -0.2) is 4.39 Å². The largest absolute Gasteiger partial charge is 0.358 e. The molecule has 1 aromatic rings. The Morgan fingerprint density at radius 3 is 3.06 bits per heavy atom. The van der Waals surface area contributed by atoms with Crippen molar-refractivity contribution in [3.05, 3.63) is 30.1 Å². The molecule has 1 aliphatic rings. The molecule has 1 amide bonds. The number of nitrogens with zero attached hydrogens (tertiary/aromatic N) is 1. The maximum Gasteiger partial charge on any atom is 0.244 e. The Morgan fingerprint density at radius 1 is 1.53 bits per heavy atom. The van der Waals surface area contributed by atoms with Gasteiger partial charge in [-0.3, -0.25) is 4.79 Å². The molecule has 5 heteroatoms. The second-order valence-corrected chi connectivity index (χ2v) is 4.07. The van der Waals surface area contributed by atoms with Crippen LogP contribution < -0.4 is 16.0 Å². The van der Waals surface area contributed by atoms with Crippen molar-refractivity contribution in [3.8, 4) is 0 Å². The number of carbonyl (C=O) groups is 1. The van der Waals surface area contributed by atoms with Crippen LogP contribution in [0.5, 0.6) is 0 Å². The predicted molar refractivity (Wildman–Crippen MR) is 64.2 cm³/mol. The van der Waals surface area contributed by atoms with Gasteiger partial charge < -0.3 is 16.0 Å². The molecule has 1 heterocycles. The van der Waals surface area contributed by atoms with E-state index in [9.17, 15) is 9.18 Å². The number of halogens is 1. The van der Waals surface area contributed by atoms with Gasteiger partial charge in [0.05, 0.1) is 0 Å². The highest BCUT2D eigenvalue weighted by atomic mass is 19.1. The lowest BCUT2D eigenvalue weighted by atomic mass is 10.2. The first kappa shape index (κ1) is 11.9. The van der Waals surface area contributed by atoms with Gasteiger partial charge in [0, 0.05) is 25.3 Å². The Labute approximate surface area is 99.6 Å². The van der Waals surface area contributed by atoms with Crippen molar-refractivity contribution < 1.29 is 9.18 Å². The lowest BCUT2D eigenvalue weighted by Gasteiger charge is -2.29. The summed E-state index contributed by atoms with van der Waals surface area (Å²) in [6.45, 7) is 1.56. The van der Waals surface area contributed by atoms with Crippen molar-refractivity contribution in [1.29, 1.82) is 0 Å². The first-order chi connectivity index (χ1) is 8.22. The van der Waals surface area contributed by atoms with Crippen LogP contribution in [0.15, 0.2) is 24.3 Å². The van der Waals surface area contributed by atoms with Gasteiger partial charge in [-0.15, -0.1) is 0 Å². The van der Waals surface area contributed by atoms with Crippen molar-refractivity contribution in [2.45, 2.75) is 12.5 Å². The van der Waals surface area contributed by atoms with E-state index in [0.29, 0.717) is 18.8 Å². The maximum atomic E-state index is 13.2. The van der Waals surface area contributed by atoms with Crippen molar-refractivity contribution in [1.82, 2.24) is 5.32 Å². The van der Waals surface area contributed by atoms with Crippen molar-refractivity contribution in [2.75, 3.05) is 24.5 Å². The van der Waals surface area contributed by atoms with Crippen LogP contribution in [-0.2, 0) is 4.79 Å². The van der Waals surface area contributed by atoms with E-state index in [1.165, 1.54) is 12.1 Å². The van der Waals surface area contributed by atoms with Gasteiger partial charge >= 0.3 is 0 Å². The highest BCUT2D eigenvalue weighted by Gasteiger charge is 2.26. The third-order valence-corrected chi connectivity index (χ3v) is 2.92. The third kappa shape index (κ3) is 2.55. The van der Waals surface area contributed by atoms with E-state index in [-0.39, 0.29) is 18.3 Å². The van der Waals surface area contributed by atoms with E-state index in [1.807, 2.05) is 4.90 Å². The summed E-state index contributed by atoms with van der Waals surface area (Å²) in [5.41, 5.74) is 6.34. The number of nitrogens with two attached hydrogens (primary N) is 1. The average Bonchev–Trinajstić information content (AvgIpc) is 2.50. The lowest BCUT2D eigenvalue weighted by Crippen LogP contribution is -2.49. The summed E-state index contributed by atoms with van der Waals surface area (Å²) in [6, 6.07) is 5.84. The Balaban J connectivity index is 2.30. The number of nitrogens with one attached hydrogen (secondary N) is 1. The molecule has 4 nitrogen and oxygen atoms in total. The zero-order valence-electron chi connectivity index (χ0n) is 9.53. The highest BCUT2D eigenvalue weighted by molar-refractivity contribution is 5.86.